The van der Waals surface area contributed by atoms with Crippen LogP contribution in [0.25, 0.3) is 0 Å². The number of aromatic nitrogens is 1. The Balaban J connectivity index is 2.15. The number of hydrogen-bond donors (Lipinski definition) is 2. The minimum Gasteiger partial charge on any atom is -0.397 e. The average molecular weight is 312 g/mol. The fourth-order valence-electron chi connectivity index (χ4n) is 2.46. The Bertz CT molecular complexity index is 618. The maximum absolute atomic E-state index is 12.6. The number of carbonyl (C=O) groups is 1. The van der Waals surface area contributed by atoms with Crippen molar-refractivity contribution in [1.82, 2.24) is 14.6 Å². The Morgan fingerprint density at radius 1 is 1.52 bits per heavy atom. The third-order valence-electron chi connectivity index (χ3n) is 3.51. The predicted octanol–water partition coefficient (Wildman–Crippen LogP) is 0.208. The molecule has 0 aromatic carbocycles. The molecule has 1 aliphatic heterocycles. The minimum atomic E-state index is -3.27. The predicted molar refractivity (Wildman–Crippen MR) is 80.2 cm³/mol. The van der Waals surface area contributed by atoms with Gasteiger partial charge in [-0.1, -0.05) is 0 Å². The van der Waals surface area contributed by atoms with Crippen LogP contribution >= 0.6 is 0 Å². The van der Waals surface area contributed by atoms with Crippen LogP contribution in [0.1, 0.15) is 29.8 Å². The second kappa shape index (κ2) is 6.40. The maximum Gasteiger partial charge on any atom is 0.274 e. The van der Waals surface area contributed by atoms with E-state index in [0.717, 1.165) is 25.5 Å². The summed E-state index contributed by atoms with van der Waals surface area (Å²) in [5.41, 5.74) is 6.36. The first-order valence-electron chi connectivity index (χ1n) is 6.84. The molecule has 1 aromatic heterocycles. The molecule has 7 nitrogen and oxygen atoms in total. The van der Waals surface area contributed by atoms with E-state index in [1.165, 1.54) is 6.20 Å². The fraction of sp³-hybridized carbons (Fsp3) is 0.538. The number of nitrogens with one attached hydrogen (secondary N) is 1. The lowest BCUT2D eigenvalue weighted by Gasteiger charge is -2.35. The van der Waals surface area contributed by atoms with Gasteiger partial charge in [0.05, 0.1) is 11.9 Å². The summed E-state index contributed by atoms with van der Waals surface area (Å²) in [4.78, 5) is 18.3. The fourth-order valence-corrected chi connectivity index (χ4v) is 2.96. The molecule has 0 aliphatic carbocycles. The summed E-state index contributed by atoms with van der Waals surface area (Å²) < 4.78 is 24.9. The molecule has 8 heteroatoms. The molecule has 1 fully saturated rings. The SMILES string of the molecule is CS(=O)(=O)NCC1CCCCN1C(=O)c1ncccc1N. The highest BCUT2D eigenvalue weighted by Gasteiger charge is 2.29. The summed E-state index contributed by atoms with van der Waals surface area (Å²) in [7, 11) is -3.27. The molecule has 0 bridgehead atoms. The van der Waals surface area contributed by atoms with Crippen molar-refractivity contribution >= 4 is 21.6 Å². The van der Waals surface area contributed by atoms with E-state index in [0.29, 0.717) is 12.2 Å². The van der Waals surface area contributed by atoms with Crippen molar-refractivity contribution in [2.75, 3.05) is 25.1 Å². The number of nitrogens with two attached hydrogens (primary N) is 1. The molecule has 116 valence electrons. The number of nitrogen functional groups attached to an aromatic ring is 1. The van der Waals surface area contributed by atoms with Crippen LogP contribution in [0.3, 0.4) is 0 Å². The van der Waals surface area contributed by atoms with Gasteiger partial charge in [-0.15, -0.1) is 0 Å². The van der Waals surface area contributed by atoms with E-state index >= 15 is 0 Å². The average Bonchev–Trinajstić information content (AvgIpc) is 2.44. The minimum absolute atomic E-state index is 0.164. The second-order valence-corrected chi connectivity index (χ2v) is 7.04. The van der Waals surface area contributed by atoms with Crippen LogP contribution in [0.15, 0.2) is 18.3 Å². The van der Waals surface area contributed by atoms with E-state index in [1.807, 2.05) is 0 Å². The molecule has 1 unspecified atom stereocenters. The van der Waals surface area contributed by atoms with Crippen molar-refractivity contribution in [3.8, 4) is 0 Å². The number of carbonyl (C=O) groups excluding carboxylic acids is 1. The molecule has 0 spiro atoms. The standard InChI is InChI=1S/C13H20N4O3S/c1-21(19,20)16-9-10-5-2-3-8-17(10)13(18)12-11(14)6-4-7-15-12/h4,6-7,10,16H,2-3,5,8-9,14H2,1H3. The Morgan fingerprint density at radius 3 is 2.95 bits per heavy atom. The highest BCUT2D eigenvalue weighted by molar-refractivity contribution is 7.88. The van der Waals surface area contributed by atoms with Gasteiger partial charge in [0.2, 0.25) is 10.0 Å². The van der Waals surface area contributed by atoms with Gasteiger partial charge in [0.25, 0.3) is 5.91 Å². The lowest BCUT2D eigenvalue weighted by atomic mass is 10.0. The Kier molecular flexibility index (Phi) is 4.79. The van der Waals surface area contributed by atoms with Gasteiger partial charge in [0, 0.05) is 25.3 Å². The molecule has 1 aliphatic rings. The van der Waals surface area contributed by atoms with Crippen LogP contribution in [-0.2, 0) is 10.0 Å². The van der Waals surface area contributed by atoms with E-state index in [4.69, 9.17) is 5.73 Å². The number of sulfonamides is 1. The molecular weight excluding hydrogens is 292 g/mol. The third kappa shape index (κ3) is 4.15. The largest absolute Gasteiger partial charge is 0.397 e. The summed E-state index contributed by atoms with van der Waals surface area (Å²) >= 11 is 0. The number of rotatable bonds is 4. The summed E-state index contributed by atoms with van der Waals surface area (Å²) in [6.45, 7) is 0.808. The van der Waals surface area contributed by atoms with E-state index in [9.17, 15) is 13.2 Å². The summed E-state index contributed by atoms with van der Waals surface area (Å²) in [5, 5.41) is 0. The number of hydrogen-bond acceptors (Lipinski definition) is 5. The number of likely N-dealkylation sites (tertiary alicyclic amines) is 1. The van der Waals surface area contributed by atoms with Crippen LogP contribution < -0.4 is 10.5 Å². The van der Waals surface area contributed by atoms with Crippen LogP contribution in [0.4, 0.5) is 5.69 Å². The highest BCUT2D eigenvalue weighted by Crippen LogP contribution is 2.20. The van der Waals surface area contributed by atoms with Gasteiger partial charge in [-0.25, -0.2) is 18.1 Å². The highest BCUT2D eigenvalue weighted by atomic mass is 32.2. The van der Waals surface area contributed by atoms with E-state index < -0.39 is 10.0 Å². The van der Waals surface area contributed by atoms with Gasteiger partial charge in [0.1, 0.15) is 0 Å². The van der Waals surface area contributed by atoms with E-state index in [1.54, 1.807) is 17.0 Å². The van der Waals surface area contributed by atoms with Crippen molar-refractivity contribution in [3.05, 3.63) is 24.0 Å². The van der Waals surface area contributed by atoms with Crippen molar-refractivity contribution in [2.24, 2.45) is 0 Å². The number of nitrogens with zero attached hydrogens (tertiary/aromatic N) is 2. The molecule has 1 aromatic rings. The van der Waals surface area contributed by atoms with Crippen molar-refractivity contribution in [2.45, 2.75) is 25.3 Å². The third-order valence-corrected chi connectivity index (χ3v) is 4.20. The van der Waals surface area contributed by atoms with E-state index in [2.05, 4.69) is 9.71 Å². The summed E-state index contributed by atoms with van der Waals surface area (Å²) in [6, 6.07) is 3.14. The van der Waals surface area contributed by atoms with Crippen LogP contribution in [-0.4, -0.2) is 49.6 Å². The van der Waals surface area contributed by atoms with Crippen LogP contribution in [0.2, 0.25) is 0 Å². The van der Waals surface area contributed by atoms with Gasteiger partial charge in [0.15, 0.2) is 5.69 Å². The van der Waals surface area contributed by atoms with Gasteiger partial charge < -0.3 is 10.6 Å². The van der Waals surface area contributed by atoms with E-state index in [-0.39, 0.29) is 24.2 Å². The molecule has 2 rings (SSSR count). The Morgan fingerprint density at radius 2 is 2.29 bits per heavy atom. The molecule has 2 heterocycles. The quantitative estimate of drug-likeness (QED) is 0.826. The van der Waals surface area contributed by atoms with Crippen LogP contribution in [0.5, 0.6) is 0 Å². The van der Waals surface area contributed by atoms with Gasteiger partial charge in [-0.3, -0.25) is 4.79 Å². The zero-order valence-corrected chi connectivity index (χ0v) is 12.8. The zero-order valence-electron chi connectivity index (χ0n) is 11.9. The van der Waals surface area contributed by atoms with Crippen molar-refractivity contribution in [1.29, 1.82) is 0 Å². The molecule has 1 atom stereocenters. The monoisotopic (exact) mass is 312 g/mol. The number of anilines is 1. The Labute approximate surface area is 124 Å². The Hall–Kier alpha value is -1.67. The summed E-state index contributed by atoms with van der Waals surface area (Å²) in [6.07, 6.45) is 5.27. The number of pyridine rings is 1. The second-order valence-electron chi connectivity index (χ2n) is 5.21. The molecule has 1 saturated heterocycles. The molecule has 0 radical (unpaired) electrons. The van der Waals surface area contributed by atoms with Gasteiger partial charge in [-0.05, 0) is 31.4 Å². The molecular formula is C13H20N4O3S. The number of amides is 1. The first kappa shape index (κ1) is 15.7. The number of piperidine rings is 1. The molecule has 1 amide bonds. The van der Waals surface area contributed by atoms with Crippen LogP contribution in [0, 0.1) is 0 Å². The molecule has 0 saturated carbocycles. The van der Waals surface area contributed by atoms with Gasteiger partial charge >= 0.3 is 0 Å². The molecule has 21 heavy (non-hydrogen) atoms. The van der Waals surface area contributed by atoms with Crippen molar-refractivity contribution in [3.63, 3.8) is 0 Å². The molecule has 3 N–H and O–H groups in total. The zero-order chi connectivity index (χ0) is 15.5. The lowest BCUT2D eigenvalue weighted by molar-refractivity contribution is 0.0614. The summed E-state index contributed by atoms with van der Waals surface area (Å²) in [5.74, 6) is -0.242. The van der Waals surface area contributed by atoms with Gasteiger partial charge in [-0.2, -0.15) is 0 Å². The van der Waals surface area contributed by atoms with Crippen molar-refractivity contribution < 1.29 is 13.2 Å². The maximum atomic E-state index is 12.6. The first-order valence-corrected chi connectivity index (χ1v) is 8.74. The first-order chi connectivity index (χ1) is 9.88. The smallest absolute Gasteiger partial charge is 0.274 e. The lowest BCUT2D eigenvalue weighted by Crippen LogP contribution is -2.49. The topological polar surface area (TPSA) is 105 Å². The normalized spacial score (nSPS) is 19.5.